The van der Waals surface area contributed by atoms with Gasteiger partial charge in [0.05, 0.1) is 24.3 Å². The van der Waals surface area contributed by atoms with Crippen LogP contribution in [0.2, 0.25) is 0 Å². The number of hydroxylamine groups is 6. The minimum absolute atomic E-state index is 0.0774. The van der Waals surface area contributed by atoms with Gasteiger partial charge in [0, 0.05) is 32.2 Å². The zero-order valence-corrected chi connectivity index (χ0v) is 33.9. The Morgan fingerprint density at radius 3 is 1.60 bits per heavy atom. The van der Waals surface area contributed by atoms with Crippen molar-refractivity contribution < 1.29 is 72.9 Å². The molecule has 0 radical (unpaired) electrons. The van der Waals surface area contributed by atoms with E-state index in [-0.39, 0.29) is 37.8 Å². The topological polar surface area (TPSA) is 293 Å². The van der Waals surface area contributed by atoms with Crippen molar-refractivity contribution in [1.82, 2.24) is 41.1 Å². The molecule has 0 spiro atoms. The van der Waals surface area contributed by atoms with Crippen LogP contribution < -0.4 is 16.3 Å². The molecule has 324 valence electrons. The van der Waals surface area contributed by atoms with Crippen molar-refractivity contribution in [2.75, 3.05) is 27.2 Å². The number of amides is 7. The fraction of sp³-hybridized carbons (Fsp3) is 0.839. The van der Waals surface area contributed by atoms with E-state index in [1.54, 1.807) is 27.8 Å². The highest BCUT2D eigenvalue weighted by Crippen LogP contribution is 2.33. The van der Waals surface area contributed by atoms with Gasteiger partial charge < -0.3 is 24.8 Å². The maximum absolute atomic E-state index is 12.6. The molecule has 4 saturated heterocycles. The van der Waals surface area contributed by atoms with Gasteiger partial charge in [-0.2, -0.15) is 27.0 Å². The SMILES string of the molecule is CN(C(=O)OC(C)(C)C)C1CCC(ONC(=O)[C@@H]2CC[C@@H]3CN2C(=O)N3OS(=O)(=O)O)C1.CNC1CCC(ONC(=O)[C@@H]2CC[C@@H]3CN2C(=O)N3OS(=O)(=O)O)C1. The molecular formula is C31H52N8O16S2. The molecule has 6 rings (SSSR count). The van der Waals surface area contributed by atoms with Crippen molar-refractivity contribution in [3.8, 4) is 0 Å². The highest BCUT2D eigenvalue weighted by molar-refractivity contribution is 7.81. The minimum atomic E-state index is -4.85. The number of piperidine rings is 2. The summed E-state index contributed by atoms with van der Waals surface area (Å²) in [5.74, 6) is -0.983. The largest absolute Gasteiger partial charge is 0.444 e. The van der Waals surface area contributed by atoms with Crippen molar-refractivity contribution in [2.45, 2.75) is 139 Å². The van der Waals surface area contributed by atoms with Crippen LogP contribution in [0.1, 0.15) is 85.0 Å². The molecule has 57 heavy (non-hydrogen) atoms. The van der Waals surface area contributed by atoms with Gasteiger partial charge in [0.1, 0.15) is 17.7 Å². The summed E-state index contributed by atoms with van der Waals surface area (Å²) in [4.78, 5) is 76.8. The monoisotopic (exact) mass is 856 g/mol. The van der Waals surface area contributed by atoms with E-state index in [0.29, 0.717) is 54.7 Å². The first kappa shape index (κ1) is 44.5. The van der Waals surface area contributed by atoms with Gasteiger partial charge in [0.15, 0.2) is 0 Å². The van der Waals surface area contributed by atoms with E-state index in [2.05, 4.69) is 24.8 Å². The molecule has 7 amide bonds. The molecule has 8 atom stereocenters. The van der Waals surface area contributed by atoms with E-state index in [9.17, 15) is 40.8 Å². The van der Waals surface area contributed by atoms with Gasteiger partial charge in [0.2, 0.25) is 0 Å². The Morgan fingerprint density at radius 1 is 0.719 bits per heavy atom. The lowest BCUT2D eigenvalue weighted by atomic mass is 10.0. The second kappa shape index (κ2) is 17.7. The van der Waals surface area contributed by atoms with E-state index in [0.717, 1.165) is 19.3 Å². The highest BCUT2D eigenvalue weighted by atomic mass is 32.3. The molecule has 5 N–H and O–H groups in total. The predicted molar refractivity (Wildman–Crippen MR) is 191 cm³/mol. The molecule has 0 aromatic carbocycles. The lowest BCUT2D eigenvalue weighted by Gasteiger charge is -2.29. The summed E-state index contributed by atoms with van der Waals surface area (Å²) in [6.45, 7) is 5.63. The van der Waals surface area contributed by atoms with Crippen LogP contribution in [0.15, 0.2) is 0 Å². The van der Waals surface area contributed by atoms with E-state index in [1.807, 2.05) is 7.05 Å². The predicted octanol–water partition coefficient (Wildman–Crippen LogP) is 0.00290. The second-order valence-electron chi connectivity index (χ2n) is 15.8. The van der Waals surface area contributed by atoms with Crippen molar-refractivity contribution in [2.24, 2.45) is 0 Å². The molecule has 6 fully saturated rings. The zero-order valence-electron chi connectivity index (χ0n) is 32.3. The van der Waals surface area contributed by atoms with Crippen LogP contribution in [0.3, 0.4) is 0 Å². The molecule has 4 bridgehead atoms. The molecule has 6 aliphatic rings. The summed E-state index contributed by atoms with van der Waals surface area (Å²) in [5, 5.41) is 4.35. The maximum Gasteiger partial charge on any atom is 0.418 e. The van der Waals surface area contributed by atoms with Crippen molar-refractivity contribution in [1.29, 1.82) is 0 Å². The molecule has 4 unspecified atom stereocenters. The van der Waals surface area contributed by atoms with Crippen LogP contribution in [0.25, 0.3) is 0 Å². The third-order valence-corrected chi connectivity index (χ3v) is 11.3. The van der Waals surface area contributed by atoms with Crippen LogP contribution in [0.4, 0.5) is 14.4 Å². The average Bonchev–Trinajstić information content (AvgIpc) is 3.89. The van der Waals surface area contributed by atoms with Gasteiger partial charge in [-0.1, -0.05) is 0 Å². The molecule has 4 aliphatic heterocycles. The van der Waals surface area contributed by atoms with E-state index in [1.165, 1.54) is 14.7 Å². The normalized spacial score (nSPS) is 29.9. The Hall–Kier alpha value is -3.63. The minimum Gasteiger partial charge on any atom is -0.444 e. The van der Waals surface area contributed by atoms with Crippen LogP contribution in [0.5, 0.6) is 0 Å². The average molecular weight is 857 g/mol. The van der Waals surface area contributed by atoms with Gasteiger partial charge in [-0.15, -0.1) is 8.57 Å². The number of ether oxygens (including phenoxy) is 1. The standard InChI is InChI=1S/C18H30N4O9S.C13H22N4O7S/c1-18(2,3)29-17(25)20(4)11-5-7-13(9-11)30-19-15(23)14-8-6-12-10-21(14)16(24)22(12)31-32(26,27)28;1-14-8-2-4-10(6-8)23-15-12(18)11-5-3-9-7-16(11)13(19)17(9)24-25(20,21)22/h11-14H,5-10H2,1-4H3,(H,19,23)(H,26,27,28);8-11,14H,2-7H2,1H3,(H,15,18)(H,20,21,22)/t11?,12-,13?,14+;8?,9-,10?,11+/m11/s1. The van der Waals surface area contributed by atoms with Crippen LogP contribution in [-0.2, 0) is 53.4 Å². The Labute approximate surface area is 330 Å². The number of rotatable bonds is 12. The number of carbonyl (C=O) groups is 5. The second-order valence-corrected chi connectivity index (χ2v) is 17.8. The molecule has 2 saturated carbocycles. The fourth-order valence-electron chi connectivity index (χ4n) is 7.80. The van der Waals surface area contributed by atoms with Gasteiger partial charge in [-0.25, -0.2) is 25.3 Å². The Morgan fingerprint density at radius 2 is 1.18 bits per heavy atom. The Kier molecular flexibility index (Phi) is 13.8. The first-order chi connectivity index (χ1) is 26.5. The van der Waals surface area contributed by atoms with Crippen molar-refractivity contribution >= 4 is 50.8 Å². The molecule has 0 aromatic heterocycles. The Bertz CT molecular complexity index is 1750. The number of hydrogen-bond acceptors (Lipinski definition) is 15. The Balaban J connectivity index is 0.000000224. The van der Waals surface area contributed by atoms with E-state index < -0.39 is 80.5 Å². The van der Waals surface area contributed by atoms with Crippen LogP contribution in [-0.4, -0.2) is 162 Å². The summed E-state index contributed by atoms with van der Waals surface area (Å²) >= 11 is 0. The highest BCUT2D eigenvalue weighted by Gasteiger charge is 2.51. The smallest absolute Gasteiger partial charge is 0.418 e. The molecule has 0 aromatic rings. The summed E-state index contributed by atoms with van der Waals surface area (Å²) in [7, 11) is -6.11. The first-order valence-corrected chi connectivity index (χ1v) is 21.3. The number of nitrogens with one attached hydrogen (secondary N) is 3. The van der Waals surface area contributed by atoms with Gasteiger partial charge in [-0.05, 0) is 92.0 Å². The quantitative estimate of drug-likeness (QED) is 0.128. The van der Waals surface area contributed by atoms with E-state index >= 15 is 0 Å². The molecule has 4 heterocycles. The number of carbonyl (C=O) groups excluding carboxylic acids is 5. The van der Waals surface area contributed by atoms with Gasteiger partial charge in [-0.3, -0.25) is 28.4 Å². The lowest BCUT2D eigenvalue weighted by molar-refractivity contribution is -0.144. The third-order valence-electron chi connectivity index (χ3n) is 10.6. The van der Waals surface area contributed by atoms with Crippen LogP contribution in [0, 0.1) is 0 Å². The molecule has 2 aliphatic carbocycles. The van der Waals surface area contributed by atoms with Gasteiger partial charge >= 0.3 is 39.0 Å². The molecule has 26 heteroatoms. The summed E-state index contributed by atoms with van der Waals surface area (Å²) < 4.78 is 75.3. The summed E-state index contributed by atoms with van der Waals surface area (Å²) in [6.07, 6.45) is 4.95. The maximum atomic E-state index is 12.6. The molecular weight excluding hydrogens is 805 g/mol. The number of urea groups is 2. The number of hydrogen-bond donors (Lipinski definition) is 5. The van der Waals surface area contributed by atoms with Crippen LogP contribution >= 0.6 is 0 Å². The molecule has 24 nitrogen and oxygen atoms in total. The van der Waals surface area contributed by atoms with Crippen molar-refractivity contribution in [3.63, 3.8) is 0 Å². The fourth-order valence-corrected chi connectivity index (χ4v) is 8.57. The van der Waals surface area contributed by atoms with Crippen molar-refractivity contribution in [3.05, 3.63) is 0 Å². The zero-order chi connectivity index (χ0) is 42.0. The number of nitrogens with zero attached hydrogens (tertiary/aromatic N) is 5. The number of fused-ring (bicyclic) bond motifs is 4. The lowest BCUT2D eigenvalue weighted by Crippen LogP contribution is -2.50. The first-order valence-electron chi connectivity index (χ1n) is 18.6. The van der Waals surface area contributed by atoms with Gasteiger partial charge in [0.25, 0.3) is 11.8 Å². The van der Waals surface area contributed by atoms with E-state index in [4.69, 9.17) is 23.5 Å². The summed E-state index contributed by atoms with van der Waals surface area (Å²) in [6, 6.07) is -4.02. The summed E-state index contributed by atoms with van der Waals surface area (Å²) in [5.41, 5.74) is 4.22. The third kappa shape index (κ3) is 11.5.